The molecular weight excluding hydrogens is 287 g/mol. The number of hydrogen-bond acceptors (Lipinski definition) is 3. The summed E-state index contributed by atoms with van der Waals surface area (Å²) < 4.78 is 39.3. The number of anilines is 1. The molecule has 1 aromatic carbocycles. The Bertz CT molecular complexity index is 558. The number of nitrogens with zero attached hydrogens (tertiary/aromatic N) is 1. The Morgan fingerprint density at radius 3 is 2.62 bits per heavy atom. The van der Waals surface area contributed by atoms with Crippen LogP contribution < -0.4 is 10.6 Å². The van der Waals surface area contributed by atoms with E-state index in [-0.39, 0.29) is 0 Å². The zero-order valence-electron chi connectivity index (χ0n) is 11.1. The van der Waals surface area contributed by atoms with Gasteiger partial charge in [-0.15, -0.1) is 0 Å². The van der Waals surface area contributed by atoms with Gasteiger partial charge in [-0.05, 0) is 25.1 Å². The lowest BCUT2D eigenvalue weighted by atomic mass is 10.2. The van der Waals surface area contributed by atoms with Crippen molar-refractivity contribution >= 4 is 17.5 Å². The van der Waals surface area contributed by atoms with Gasteiger partial charge in [0.05, 0.1) is 5.69 Å². The summed E-state index contributed by atoms with van der Waals surface area (Å²) in [6.07, 6.45) is 0.693. The summed E-state index contributed by atoms with van der Waals surface area (Å²) in [4.78, 5) is 25.0. The number of amides is 2. The highest BCUT2D eigenvalue weighted by atomic mass is 19.2. The van der Waals surface area contributed by atoms with Gasteiger partial charge in [0, 0.05) is 19.6 Å². The molecule has 2 N–H and O–H groups in total. The van der Waals surface area contributed by atoms with Crippen LogP contribution in [0.3, 0.4) is 0 Å². The van der Waals surface area contributed by atoms with Crippen LogP contribution in [0.4, 0.5) is 18.9 Å². The molecule has 1 aromatic rings. The SMILES string of the molecule is O=C(Nc1ccc(F)c(F)c1F)C(=O)N1CCCNCC1. The zero-order valence-corrected chi connectivity index (χ0v) is 11.1. The second-order valence-electron chi connectivity index (χ2n) is 4.57. The molecule has 0 radical (unpaired) electrons. The minimum Gasteiger partial charge on any atom is -0.333 e. The number of nitrogens with one attached hydrogen (secondary N) is 2. The van der Waals surface area contributed by atoms with Gasteiger partial charge in [-0.2, -0.15) is 0 Å². The third-order valence-electron chi connectivity index (χ3n) is 3.10. The molecule has 0 aliphatic carbocycles. The van der Waals surface area contributed by atoms with Crippen LogP contribution in [0.15, 0.2) is 12.1 Å². The Labute approximate surface area is 119 Å². The minimum atomic E-state index is -1.70. The first kappa shape index (κ1) is 15.3. The van der Waals surface area contributed by atoms with E-state index >= 15 is 0 Å². The van der Waals surface area contributed by atoms with E-state index in [2.05, 4.69) is 5.32 Å². The fraction of sp³-hybridized carbons (Fsp3) is 0.385. The van der Waals surface area contributed by atoms with E-state index in [1.807, 2.05) is 5.32 Å². The summed E-state index contributed by atoms with van der Waals surface area (Å²) in [6.45, 7) is 2.05. The Balaban J connectivity index is 2.07. The summed E-state index contributed by atoms with van der Waals surface area (Å²) in [5.74, 6) is -6.51. The molecule has 0 spiro atoms. The fourth-order valence-electron chi connectivity index (χ4n) is 1.99. The molecule has 5 nitrogen and oxygen atoms in total. The summed E-state index contributed by atoms with van der Waals surface area (Å²) in [5.41, 5.74) is -0.569. The molecule has 1 aliphatic heterocycles. The molecule has 0 unspecified atom stereocenters. The van der Waals surface area contributed by atoms with Crippen molar-refractivity contribution in [2.45, 2.75) is 6.42 Å². The number of hydrogen-bond donors (Lipinski definition) is 2. The maximum absolute atomic E-state index is 13.4. The second-order valence-corrected chi connectivity index (χ2v) is 4.57. The highest BCUT2D eigenvalue weighted by molar-refractivity contribution is 6.39. The van der Waals surface area contributed by atoms with Crippen molar-refractivity contribution in [3.63, 3.8) is 0 Å². The van der Waals surface area contributed by atoms with Crippen molar-refractivity contribution in [1.29, 1.82) is 0 Å². The fourth-order valence-corrected chi connectivity index (χ4v) is 1.99. The topological polar surface area (TPSA) is 61.4 Å². The molecule has 2 amide bonds. The van der Waals surface area contributed by atoms with Gasteiger partial charge in [-0.3, -0.25) is 9.59 Å². The third-order valence-corrected chi connectivity index (χ3v) is 3.10. The van der Waals surface area contributed by atoms with E-state index in [9.17, 15) is 22.8 Å². The van der Waals surface area contributed by atoms with Crippen LogP contribution in [-0.4, -0.2) is 42.9 Å². The summed E-state index contributed by atoms with van der Waals surface area (Å²) >= 11 is 0. The highest BCUT2D eigenvalue weighted by Crippen LogP contribution is 2.19. The first-order valence-electron chi connectivity index (χ1n) is 6.45. The quantitative estimate of drug-likeness (QED) is 0.597. The molecule has 0 saturated carbocycles. The van der Waals surface area contributed by atoms with E-state index in [0.717, 1.165) is 12.6 Å². The van der Waals surface area contributed by atoms with Crippen molar-refractivity contribution in [1.82, 2.24) is 10.2 Å². The Hall–Kier alpha value is -2.09. The van der Waals surface area contributed by atoms with Gasteiger partial charge >= 0.3 is 11.8 Å². The molecule has 1 heterocycles. The van der Waals surface area contributed by atoms with E-state index in [1.165, 1.54) is 4.90 Å². The molecule has 8 heteroatoms. The highest BCUT2D eigenvalue weighted by Gasteiger charge is 2.24. The van der Waals surface area contributed by atoms with Gasteiger partial charge in [0.2, 0.25) is 0 Å². The van der Waals surface area contributed by atoms with Crippen LogP contribution in [0.2, 0.25) is 0 Å². The largest absolute Gasteiger partial charge is 0.333 e. The standard InChI is InChI=1S/C13H14F3N3O2/c14-8-2-3-9(11(16)10(8)15)18-12(20)13(21)19-6-1-4-17-5-7-19/h2-3,17H,1,4-7H2,(H,18,20). The minimum absolute atomic E-state index is 0.354. The van der Waals surface area contributed by atoms with Crippen LogP contribution in [0, 0.1) is 17.5 Å². The Kier molecular flexibility index (Phi) is 4.79. The van der Waals surface area contributed by atoms with Crippen LogP contribution in [-0.2, 0) is 9.59 Å². The smallest absolute Gasteiger partial charge is 0.313 e. The van der Waals surface area contributed by atoms with Gasteiger partial charge in [-0.1, -0.05) is 0 Å². The summed E-state index contributed by atoms with van der Waals surface area (Å²) in [6, 6.07) is 1.54. The number of carbonyl (C=O) groups is 2. The van der Waals surface area contributed by atoms with Crippen molar-refractivity contribution in [3.05, 3.63) is 29.6 Å². The monoisotopic (exact) mass is 301 g/mol. The lowest BCUT2D eigenvalue weighted by Crippen LogP contribution is -2.41. The van der Waals surface area contributed by atoms with Crippen LogP contribution in [0.1, 0.15) is 6.42 Å². The summed E-state index contributed by atoms with van der Waals surface area (Å²) in [7, 11) is 0. The molecule has 1 fully saturated rings. The zero-order chi connectivity index (χ0) is 15.4. The lowest BCUT2D eigenvalue weighted by molar-refractivity contribution is -0.143. The van der Waals surface area contributed by atoms with Crippen molar-refractivity contribution in [3.8, 4) is 0 Å². The van der Waals surface area contributed by atoms with E-state index in [4.69, 9.17) is 0 Å². The average molecular weight is 301 g/mol. The predicted octanol–water partition coefficient (Wildman–Crippen LogP) is 0.864. The van der Waals surface area contributed by atoms with Crippen LogP contribution in [0.5, 0.6) is 0 Å². The normalized spacial score (nSPS) is 15.5. The predicted molar refractivity (Wildman–Crippen MR) is 69.0 cm³/mol. The molecule has 2 rings (SSSR count). The third kappa shape index (κ3) is 3.52. The van der Waals surface area contributed by atoms with E-state index in [0.29, 0.717) is 32.1 Å². The first-order valence-corrected chi connectivity index (χ1v) is 6.45. The van der Waals surface area contributed by atoms with Crippen molar-refractivity contribution in [2.75, 3.05) is 31.5 Å². The number of carbonyl (C=O) groups excluding carboxylic acids is 2. The second kappa shape index (κ2) is 6.57. The molecule has 21 heavy (non-hydrogen) atoms. The Morgan fingerprint density at radius 2 is 1.86 bits per heavy atom. The van der Waals surface area contributed by atoms with Gasteiger partial charge in [0.15, 0.2) is 17.5 Å². The van der Waals surface area contributed by atoms with E-state index in [1.54, 1.807) is 0 Å². The van der Waals surface area contributed by atoms with E-state index < -0.39 is 35.0 Å². The first-order chi connectivity index (χ1) is 10.0. The molecule has 1 saturated heterocycles. The molecule has 0 atom stereocenters. The molecule has 1 aliphatic rings. The average Bonchev–Trinajstić information content (AvgIpc) is 2.76. The number of halogens is 3. The maximum Gasteiger partial charge on any atom is 0.313 e. The lowest BCUT2D eigenvalue weighted by Gasteiger charge is -2.19. The van der Waals surface area contributed by atoms with Crippen molar-refractivity contribution < 1.29 is 22.8 Å². The van der Waals surface area contributed by atoms with Gasteiger partial charge < -0.3 is 15.5 Å². The van der Waals surface area contributed by atoms with Gasteiger partial charge in [0.25, 0.3) is 0 Å². The van der Waals surface area contributed by atoms with Gasteiger partial charge in [-0.25, -0.2) is 13.2 Å². The maximum atomic E-state index is 13.4. The van der Waals surface area contributed by atoms with Gasteiger partial charge in [0.1, 0.15) is 0 Å². The molecule has 0 bridgehead atoms. The Morgan fingerprint density at radius 1 is 1.10 bits per heavy atom. The molecule has 0 aromatic heterocycles. The van der Waals surface area contributed by atoms with Crippen LogP contribution >= 0.6 is 0 Å². The number of benzene rings is 1. The van der Waals surface area contributed by atoms with Crippen LogP contribution in [0.25, 0.3) is 0 Å². The van der Waals surface area contributed by atoms with Crippen molar-refractivity contribution in [2.24, 2.45) is 0 Å². The molecule has 114 valence electrons. The number of rotatable bonds is 1. The molecular formula is C13H14F3N3O2. The summed E-state index contributed by atoms with van der Waals surface area (Å²) in [5, 5.41) is 5.03.